The van der Waals surface area contributed by atoms with Crippen molar-refractivity contribution in [3.05, 3.63) is 158 Å². The minimum absolute atomic E-state index is 0. The average Bonchev–Trinajstić information content (AvgIpc) is 1.61. The SMILES string of the molecule is C.CC#CC(=O)N1CCC2(CC(n3nc(-c4cnn(Cc5cccc(Cl)c5)c4)c(C(N)=O)c3N)C2)C1.CC#CC(=O)O.CC(C)(C)OC(=O)N1CCC2(CC(n3nc(-c4cnn(Cc5cccc(Cl)c5)c4)c(C(N)=O)c3N)C2)C1.Cl.Cl.NC(=O)c1c(-c2cnn(Cc3cccc(Cl)c3)c2)nn(C2CC3(CCNC3)C2)c1N. The fraction of sp³-hybridized carbons (Fsp3) is 0.403. The lowest BCUT2D eigenvalue weighted by Gasteiger charge is -2.45. The number of anilines is 3. The maximum atomic E-state index is 12.5. The first-order chi connectivity index (χ1) is 51.4. The van der Waals surface area contributed by atoms with E-state index < -0.39 is 29.3 Å². The summed E-state index contributed by atoms with van der Waals surface area (Å²) in [6, 6.07) is 23.0. The number of aromatic nitrogens is 12. The van der Waals surface area contributed by atoms with Gasteiger partial charge in [0.1, 0.15) is 56.8 Å². The zero-order valence-electron chi connectivity index (χ0n) is 61.3. The number of carbonyl (C=O) groups excluding carboxylic acids is 5. The molecule has 3 aliphatic carbocycles. The third-order valence-corrected chi connectivity index (χ3v) is 21.4. The first kappa shape index (κ1) is 84.5. The van der Waals surface area contributed by atoms with Crippen molar-refractivity contribution in [3.8, 4) is 57.5 Å². The lowest BCUT2D eigenvalue weighted by Crippen LogP contribution is -2.43. The number of hydrogen-bond donors (Lipinski definition) is 8. The maximum absolute atomic E-state index is 12.5. The van der Waals surface area contributed by atoms with E-state index in [1.165, 1.54) is 13.3 Å². The Labute approximate surface area is 670 Å². The maximum Gasteiger partial charge on any atom is 0.410 e. The summed E-state index contributed by atoms with van der Waals surface area (Å²) in [5.74, 6) is 7.21. The Kier molecular flexibility index (Phi) is 26.5. The van der Waals surface area contributed by atoms with Crippen molar-refractivity contribution >= 4 is 113 Å². The molecule has 9 aromatic rings. The van der Waals surface area contributed by atoms with Gasteiger partial charge in [-0.25, -0.2) is 23.6 Å². The lowest BCUT2D eigenvalue weighted by atomic mass is 9.65. The second-order valence-corrected chi connectivity index (χ2v) is 31.0. The van der Waals surface area contributed by atoms with Gasteiger partial charge < -0.3 is 59.4 Å². The number of benzene rings is 3. The highest BCUT2D eigenvalue weighted by Gasteiger charge is 2.53. The molecule has 15 rings (SSSR count). The van der Waals surface area contributed by atoms with E-state index in [-0.39, 0.29) is 102 Å². The molecule has 6 aromatic heterocycles. The van der Waals surface area contributed by atoms with Crippen LogP contribution in [0.1, 0.15) is 166 Å². The van der Waals surface area contributed by atoms with Gasteiger partial charge in [-0.1, -0.05) is 90.5 Å². The van der Waals surface area contributed by atoms with Crippen molar-refractivity contribution in [2.24, 2.45) is 33.4 Å². The quantitative estimate of drug-likeness (QED) is 0.0442. The van der Waals surface area contributed by atoms with Crippen LogP contribution >= 0.6 is 59.6 Å². The van der Waals surface area contributed by atoms with E-state index in [1.807, 2.05) is 123 Å². The van der Waals surface area contributed by atoms with Crippen LogP contribution in [0.2, 0.25) is 15.1 Å². The molecule has 3 aliphatic heterocycles. The van der Waals surface area contributed by atoms with E-state index in [9.17, 15) is 28.8 Å². The second kappa shape index (κ2) is 34.8. The van der Waals surface area contributed by atoms with Gasteiger partial charge in [-0.05, 0) is 174 Å². The van der Waals surface area contributed by atoms with E-state index in [2.05, 4.69) is 38.4 Å². The molecule has 3 saturated carbocycles. The van der Waals surface area contributed by atoms with Crippen LogP contribution in [-0.4, -0.2) is 154 Å². The third-order valence-electron chi connectivity index (χ3n) is 20.7. The predicted octanol–water partition coefficient (Wildman–Crippen LogP) is 10.8. The van der Waals surface area contributed by atoms with Crippen LogP contribution in [0.25, 0.3) is 33.8 Å². The minimum Gasteiger partial charge on any atom is -0.472 e. The standard InChI is InChI=1S/C26H32ClN7O3.C25H26ClN7O2.C21H24ClN7O.C4H4O2.CH4.2ClH/c1-25(2,3)37-24(36)32-8-7-26(15-32)10-19(11-26)34-22(28)20(23(29)35)21(31-34)17-12-30-33(14-17)13-16-5-4-6-18(27)9-16;1-2-4-20(34)31-8-7-25(15-31)10-19(11-25)33-23(27)21(24(28)35)22(30-33)17-12-29-32(14-17)13-16-5-3-6-18(26)9-16;22-15-3-1-2-13(6-15)10-28-11-14(9-26-28)18-17(20(24)30)19(23)29(27-18)16-7-21(8-16)4-5-25-12-21;1-2-3-4(5)6;;;/h4-6,9,12,14,19H,7-8,10-11,13,15,28H2,1-3H3,(H2,29,35);3,5-6,9,12,14,19H,7-8,10-11,13,15,27H2,1H3,(H2,28,35);1-3,6,9,11,16,25H,4-5,7-8,10,12,23H2,(H2,24,30);1H3,(H,5,6);1H4;2*1H. The summed E-state index contributed by atoms with van der Waals surface area (Å²) in [7, 11) is 0. The smallest absolute Gasteiger partial charge is 0.410 e. The molecule has 0 bridgehead atoms. The van der Waals surface area contributed by atoms with Crippen LogP contribution in [0, 0.1) is 39.9 Å². The molecule has 6 fully saturated rings. The van der Waals surface area contributed by atoms with Gasteiger partial charge in [0.05, 0.1) is 56.4 Å². The van der Waals surface area contributed by atoms with Gasteiger partial charge in [0.25, 0.3) is 23.6 Å². The van der Waals surface area contributed by atoms with Gasteiger partial charge in [0, 0.05) is 89.0 Å². The molecule has 34 heteroatoms. The molecule has 0 unspecified atom stereocenters. The van der Waals surface area contributed by atoms with Crippen molar-refractivity contribution in [2.75, 3.05) is 56.5 Å². The Morgan fingerprint density at radius 3 is 1.21 bits per heavy atom. The number of primary amides is 3. The molecule has 6 aliphatic rings. The summed E-state index contributed by atoms with van der Waals surface area (Å²) >= 11 is 18.3. The Morgan fingerprint density at radius 2 is 0.901 bits per heavy atom. The molecule has 0 radical (unpaired) electrons. The topological polar surface area (TPSA) is 413 Å². The number of nitrogens with one attached hydrogen (secondary N) is 1. The highest BCUT2D eigenvalue weighted by atomic mass is 35.5. The van der Waals surface area contributed by atoms with Crippen LogP contribution in [0.5, 0.6) is 0 Å². The number of carbonyl (C=O) groups is 6. The van der Waals surface area contributed by atoms with Crippen molar-refractivity contribution in [2.45, 2.75) is 143 Å². The van der Waals surface area contributed by atoms with E-state index in [0.717, 1.165) is 81.1 Å². The molecule has 14 N–H and O–H groups in total. The van der Waals surface area contributed by atoms with Crippen LogP contribution in [0.3, 0.4) is 0 Å². The molecule has 29 nitrogen and oxygen atoms in total. The number of amides is 5. The summed E-state index contributed by atoms with van der Waals surface area (Å²) in [5, 5.41) is 40.6. The van der Waals surface area contributed by atoms with Gasteiger partial charge in [0.15, 0.2) is 0 Å². The third kappa shape index (κ3) is 19.1. The van der Waals surface area contributed by atoms with Crippen molar-refractivity contribution in [1.82, 2.24) is 73.8 Å². The molecule has 3 aromatic carbocycles. The number of halogens is 5. The minimum atomic E-state index is -1.07. The molecule has 3 spiro atoms. The summed E-state index contributed by atoms with van der Waals surface area (Å²) < 4.78 is 16.0. The Hall–Kier alpha value is -10.5. The molecule has 9 heterocycles. The summed E-state index contributed by atoms with van der Waals surface area (Å²) in [6.07, 6.45) is 18.5. The molecule has 111 heavy (non-hydrogen) atoms. The molecule has 0 atom stereocenters. The molecular weight excluding hydrogens is 1520 g/mol. The Bertz CT molecular complexity index is 5060. The average molecular weight is 1620 g/mol. The largest absolute Gasteiger partial charge is 0.472 e. The number of hydrogen-bond acceptors (Lipinski definition) is 17. The first-order valence-corrected chi connectivity index (χ1v) is 36.5. The Morgan fingerprint density at radius 1 is 0.550 bits per heavy atom. The number of nitrogens with zero attached hydrogens (tertiary/aromatic N) is 14. The summed E-state index contributed by atoms with van der Waals surface area (Å²) in [6.45, 7) is 15.1. The number of carboxylic acid groups (broad SMARTS) is 1. The highest BCUT2D eigenvalue weighted by molar-refractivity contribution is 6.31. The van der Waals surface area contributed by atoms with E-state index in [0.29, 0.717) is 106 Å². The van der Waals surface area contributed by atoms with Crippen LogP contribution in [0.4, 0.5) is 22.2 Å². The van der Waals surface area contributed by atoms with E-state index >= 15 is 0 Å². The summed E-state index contributed by atoms with van der Waals surface area (Å²) in [4.78, 5) is 74.5. The first-order valence-electron chi connectivity index (χ1n) is 35.3. The fourth-order valence-electron chi connectivity index (χ4n) is 15.7. The lowest BCUT2D eigenvalue weighted by molar-refractivity contribution is -0.130. The number of rotatable bonds is 15. The van der Waals surface area contributed by atoms with Gasteiger partial charge >= 0.3 is 12.1 Å². The number of ether oxygens (including phenoxy) is 1. The van der Waals surface area contributed by atoms with Gasteiger partial charge in [-0.2, -0.15) is 30.6 Å². The number of nitrogens with two attached hydrogens (primary N) is 6. The van der Waals surface area contributed by atoms with E-state index in [1.54, 1.807) is 58.5 Å². The van der Waals surface area contributed by atoms with Gasteiger partial charge in [-0.3, -0.25) is 33.2 Å². The molecule has 588 valence electrons. The van der Waals surface area contributed by atoms with Crippen molar-refractivity contribution in [1.29, 1.82) is 0 Å². The molecule has 3 saturated heterocycles. The van der Waals surface area contributed by atoms with Gasteiger partial charge in [0.2, 0.25) is 0 Å². The predicted molar refractivity (Wildman–Crippen MR) is 430 cm³/mol. The monoisotopic (exact) mass is 1610 g/mol. The zero-order chi connectivity index (χ0) is 77.1. The number of nitrogen functional groups attached to an aromatic ring is 3. The highest BCUT2D eigenvalue weighted by Crippen LogP contribution is 2.57. The molecule has 5 amide bonds. The zero-order valence-corrected chi connectivity index (χ0v) is 65.2. The van der Waals surface area contributed by atoms with Crippen molar-refractivity contribution in [3.63, 3.8) is 0 Å². The van der Waals surface area contributed by atoms with E-state index in [4.69, 9.17) is 94.3 Å². The normalized spacial score (nSPS) is 20.2. The van der Waals surface area contributed by atoms with Crippen LogP contribution in [-0.2, 0) is 34.0 Å². The summed E-state index contributed by atoms with van der Waals surface area (Å²) in [5.41, 5.74) is 43.1. The van der Waals surface area contributed by atoms with Gasteiger partial charge in [-0.15, -0.1) is 24.8 Å². The molecular formula is C77H92Cl5N21O8. The number of aliphatic carboxylic acids is 1. The van der Waals surface area contributed by atoms with Crippen molar-refractivity contribution < 1.29 is 38.6 Å². The fourth-order valence-corrected chi connectivity index (χ4v) is 16.3. The van der Waals surface area contributed by atoms with Crippen LogP contribution in [0.15, 0.2) is 110 Å². The number of carboxylic acids is 1. The second-order valence-electron chi connectivity index (χ2n) is 29.7. The number of likely N-dealkylation sites (tertiary alicyclic amines) is 2. The van der Waals surface area contributed by atoms with Crippen LogP contribution < -0.4 is 39.7 Å². The Balaban J connectivity index is 0.000000183.